The van der Waals surface area contributed by atoms with Crippen molar-refractivity contribution in [1.82, 2.24) is 9.79 Å². The maximum absolute atomic E-state index is 13.1. The zero-order valence-electron chi connectivity index (χ0n) is 14.7. The fourth-order valence-electron chi connectivity index (χ4n) is 2.27. The minimum atomic E-state index is -4.77. The molecule has 0 heterocycles. The van der Waals surface area contributed by atoms with Gasteiger partial charge in [-0.15, -0.1) is 0 Å². The lowest BCUT2D eigenvalue weighted by molar-refractivity contribution is -0.138. The van der Waals surface area contributed by atoms with E-state index < -0.39 is 40.0 Å². The number of amides is 1. The fraction of sp³-hybridized carbons (Fsp3) is 0.235. The van der Waals surface area contributed by atoms with Crippen LogP contribution >= 0.6 is 0 Å². The van der Waals surface area contributed by atoms with Crippen LogP contribution in [0.4, 0.5) is 17.6 Å². The Kier molecular flexibility index (Phi) is 6.42. The van der Waals surface area contributed by atoms with Gasteiger partial charge in [-0.2, -0.15) is 13.2 Å². The van der Waals surface area contributed by atoms with Gasteiger partial charge in [-0.25, -0.2) is 12.8 Å². The van der Waals surface area contributed by atoms with Crippen molar-refractivity contribution in [3.63, 3.8) is 0 Å². The lowest BCUT2D eigenvalue weighted by Gasteiger charge is -2.15. The van der Waals surface area contributed by atoms with Crippen LogP contribution in [0.3, 0.4) is 0 Å². The number of alkyl halides is 3. The molecule has 11 heteroatoms. The molecular weight excluding hydrogens is 404 g/mol. The SMILES string of the molecule is CON(C)S(=O)(=O)c1ccc(C(=O)NCc2ccc(F)cc2C(F)(F)F)cc1. The van der Waals surface area contributed by atoms with Gasteiger partial charge in [0.1, 0.15) is 5.82 Å². The highest BCUT2D eigenvalue weighted by Crippen LogP contribution is 2.32. The molecule has 0 radical (unpaired) electrons. The summed E-state index contributed by atoms with van der Waals surface area (Å²) in [4.78, 5) is 16.6. The van der Waals surface area contributed by atoms with Crippen LogP contribution in [0.2, 0.25) is 0 Å². The maximum atomic E-state index is 13.1. The van der Waals surface area contributed by atoms with Crippen LogP contribution in [0.15, 0.2) is 47.4 Å². The van der Waals surface area contributed by atoms with Crippen LogP contribution in [0.1, 0.15) is 21.5 Å². The molecule has 28 heavy (non-hydrogen) atoms. The van der Waals surface area contributed by atoms with E-state index in [0.29, 0.717) is 10.5 Å². The minimum Gasteiger partial charge on any atom is -0.348 e. The second-order valence-electron chi connectivity index (χ2n) is 5.60. The molecule has 1 N–H and O–H groups in total. The standard InChI is InChI=1S/C17H16F4N2O4S/c1-23(27-2)28(25,26)14-7-4-11(5-8-14)16(24)22-10-12-3-6-13(18)9-15(12)17(19,20)21/h3-9H,10H2,1-2H3,(H,22,24). The van der Waals surface area contributed by atoms with E-state index in [4.69, 9.17) is 0 Å². The molecule has 0 aliphatic rings. The summed E-state index contributed by atoms with van der Waals surface area (Å²) in [5.74, 6) is -1.76. The van der Waals surface area contributed by atoms with E-state index in [1.807, 2.05) is 0 Å². The number of carbonyl (C=O) groups excluding carboxylic acids is 1. The van der Waals surface area contributed by atoms with E-state index in [-0.39, 0.29) is 16.0 Å². The average molecular weight is 420 g/mol. The van der Waals surface area contributed by atoms with Gasteiger partial charge in [0, 0.05) is 19.2 Å². The third kappa shape index (κ3) is 4.86. The van der Waals surface area contributed by atoms with Crippen LogP contribution in [0.25, 0.3) is 0 Å². The number of hydroxylamine groups is 1. The van der Waals surface area contributed by atoms with Crippen LogP contribution in [-0.4, -0.2) is 33.0 Å². The highest BCUT2D eigenvalue weighted by atomic mass is 32.2. The van der Waals surface area contributed by atoms with Crippen molar-refractivity contribution >= 4 is 15.9 Å². The Hall–Kier alpha value is -2.50. The van der Waals surface area contributed by atoms with E-state index in [9.17, 15) is 30.8 Å². The quantitative estimate of drug-likeness (QED) is 0.576. The number of benzene rings is 2. The van der Waals surface area contributed by atoms with Gasteiger partial charge in [-0.1, -0.05) is 10.5 Å². The lowest BCUT2D eigenvalue weighted by atomic mass is 10.1. The maximum Gasteiger partial charge on any atom is 0.416 e. The summed E-state index contributed by atoms with van der Waals surface area (Å²) in [6.45, 7) is -0.486. The first-order valence-electron chi connectivity index (χ1n) is 7.73. The summed E-state index contributed by atoms with van der Waals surface area (Å²) in [6, 6.07) is 6.91. The van der Waals surface area contributed by atoms with Crippen molar-refractivity contribution in [2.45, 2.75) is 17.6 Å². The molecule has 0 aliphatic carbocycles. The molecule has 0 unspecified atom stereocenters. The third-order valence-corrected chi connectivity index (χ3v) is 5.52. The highest BCUT2D eigenvalue weighted by Gasteiger charge is 2.33. The predicted octanol–water partition coefficient (Wildman–Crippen LogP) is 2.96. The Morgan fingerprint density at radius 1 is 1.14 bits per heavy atom. The van der Waals surface area contributed by atoms with Crippen LogP contribution in [0, 0.1) is 5.82 Å². The molecule has 0 bridgehead atoms. The largest absolute Gasteiger partial charge is 0.416 e. The lowest BCUT2D eigenvalue weighted by Crippen LogP contribution is -2.26. The molecule has 6 nitrogen and oxygen atoms in total. The molecule has 0 atom stereocenters. The Balaban J connectivity index is 2.15. The normalized spacial score (nSPS) is 12.2. The molecule has 0 spiro atoms. The summed E-state index contributed by atoms with van der Waals surface area (Å²) < 4.78 is 76.8. The summed E-state index contributed by atoms with van der Waals surface area (Å²) in [6.07, 6.45) is -4.77. The van der Waals surface area contributed by atoms with Gasteiger partial charge in [0.2, 0.25) is 0 Å². The van der Waals surface area contributed by atoms with E-state index >= 15 is 0 Å². The Labute approximate surface area is 158 Å². The Bertz CT molecular complexity index is 960. The third-order valence-electron chi connectivity index (χ3n) is 3.83. The van der Waals surface area contributed by atoms with Gasteiger partial charge in [0.05, 0.1) is 17.6 Å². The van der Waals surface area contributed by atoms with Crippen molar-refractivity contribution in [2.24, 2.45) is 0 Å². The minimum absolute atomic E-state index is 0.0368. The van der Waals surface area contributed by atoms with Gasteiger partial charge >= 0.3 is 6.18 Å². The molecule has 0 aromatic heterocycles. The number of nitrogens with one attached hydrogen (secondary N) is 1. The Morgan fingerprint density at radius 3 is 2.29 bits per heavy atom. The fourth-order valence-corrected chi connectivity index (χ4v) is 3.24. The number of hydrogen-bond acceptors (Lipinski definition) is 4. The number of sulfonamides is 1. The van der Waals surface area contributed by atoms with Crippen molar-refractivity contribution in [2.75, 3.05) is 14.2 Å². The molecule has 0 saturated heterocycles. The van der Waals surface area contributed by atoms with Gasteiger partial charge < -0.3 is 5.32 Å². The zero-order chi connectivity index (χ0) is 21.1. The second-order valence-corrected chi connectivity index (χ2v) is 7.54. The molecule has 0 saturated carbocycles. The number of rotatable bonds is 6. The topological polar surface area (TPSA) is 75.7 Å². The van der Waals surface area contributed by atoms with Gasteiger partial charge in [-0.3, -0.25) is 9.63 Å². The zero-order valence-corrected chi connectivity index (χ0v) is 15.6. The molecule has 0 aliphatic heterocycles. The molecule has 152 valence electrons. The van der Waals surface area contributed by atoms with Crippen molar-refractivity contribution in [3.8, 4) is 0 Å². The van der Waals surface area contributed by atoms with Crippen LogP contribution in [0.5, 0.6) is 0 Å². The smallest absolute Gasteiger partial charge is 0.348 e. The molecule has 2 rings (SSSR count). The van der Waals surface area contributed by atoms with Gasteiger partial charge in [0.25, 0.3) is 15.9 Å². The van der Waals surface area contributed by atoms with Crippen molar-refractivity contribution < 1.29 is 35.6 Å². The van der Waals surface area contributed by atoms with E-state index in [1.54, 1.807) is 0 Å². The summed E-state index contributed by atoms with van der Waals surface area (Å²) in [5.41, 5.74) is -1.45. The number of halogens is 4. The first kappa shape index (κ1) is 21.8. The van der Waals surface area contributed by atoms with E-state index in [1.165, 1.54) is 38.4 Å². The van der Waals surface area contributed by atoms with Crippen LogP contribution < -0.4 is 5.32 Å². The number of nitrogens with zero attached hydrogens (tertiary/aromatic N) is 1. The molecule has 2 aromatic rings. The first-order valence-corrected chi connectivity index (χ1v) is 9.17. The van der Waals surface area contributed by atoms with Crippen molar-refractivity contribution in [1.29, 1.82) is 0 Å². The van der Waals surface area contributed by atoms with E-state index in [0.717, 1.165) is 12.1 Å². The van der Waals surface area contributed by atoms with Gasteiger partial charge in [0.15, 0.2) is 0 Å². The summed E-state index contributed by atoms with van der Waals surface area (Å²) in [5, 5.41) is 2.29. The summed E-state index contributed by atoms with van der Waals surface area (Å²) in [7, 11) is -1.53. The van der Waals surface area contributed by atoms with Crippen molar-refractivity contribution in [3.05, 3.63) is 65.0 Å². The summed E-state index contributed by atoms with van der Waals surface area (Å²) >= 11 is 0. The molecule has 1 amide bonds. The molecule has 2 aromatic carbocycles. The average Bonchev–Trinajstić information content (AvgIpc) is 2.65. The van der Waals surface area contributed by atoms with Crippen LogP contribution in [-0.2, 0) is 27.6 Å². The molecule has 0 fully saturated rings. The Morgan fingerprint density at radius 2 is 1.75 bits per heavy atom. The van der Waals surface area contributed by atoms with E-state index in [2.05, 4.69) is 10.2 Å². The number of carbonyl (C=O) groups is 1. The first-order chi connectivity index (χ1) is 13.0. The van der Waals surface area contributed by atoms with Gasteiger partial charge in [-0.05, 0) is 42.0 Å². The highest BCUT2D eigenvalue weighted by molar-refractivity contribution is 7.89. The number of hydrogen-bond donors (Lipinski definition) is 1. The predicted molar refractivity (Wildman–Crippen MR) is 91.0 cm³/mol. The molecular formula is C17H16F4N2O4S. The second kappa shape index (κ2) is 8.25. The monoisotopic (exact) mass is 420 g/mol.